The maximum Gasteiger partial charge on any atom is 0.231 e. The molecule has 1 amide bonds. The average molecular weight is 391 g/mol. The van der Waals surface area contributed by atoms with Crippen LogP contribution in [0.5, 0.6) is 0 Å². The zero-order chi connectivity index (χ0) is 19.6. The molecular formula is C22H25N5O2. The fourth-order valence-electron chi connectivity index (χ4n) is 4.38. The monoisotopic (exact) mass is 391 g/mol. The van der Waals surface area contributed by atoms with Gasteiger partial charge in [0.2, 0.25) is 5.91 Å². The molecule has 2 aliphatic rings. The smallest absolute Gasteiger partial charge is 0.231 e. The van der Waals surface area contributed by atoms with Crippen molar-refractivity contribution in [2.24, 2.45) is 5.92 Å². The Morgan fingerprint density at radius 3 is 2.76 bits per heavy atom. The summed E-state index contributed by atoms with van der Waals surface area (Å²) in [6.07, 6.45) is 6.40. The first-order valence-corrected chi connectivity index (χ1v) is 10.3. The van der Waals surface area contributed by atoms with Crippen LogP contribution >= 0.6 is 0 Å². The molecule has 150 valence electrons. The Labute approximate surface area is 169 Å². The predicted octanol–water partition coefficient (Wildman–Crippen LogP) is 3.25. The SMILES string of the molecule is O=C(Nc1ccnn1C1CCN(c2ccnc3ccccc23)CC1)C1CCOC1. The Balaban J connectivity index is 1.28. The van der Waals surface area contributed by atoms with Crippen molar-refractivity contribution in [3.05, 3.63) is 48.8 Å². The number of pyridine rings is 1. The van der Waals surface area contributed by atoms with Crippen molar-refractivity contribution in [3.8, 4) is 0 Å². The minimum absolute atomic E-state index is 0.0324. The molecule has 7 heteroatoms. The first-order chi connectivity index (χ1) is 14.3. The van der Waals surface area contributed by atoms with E-state index in [4.69, 9.17) is 4.74 Å². The molecule has 0 saturated carbocycles. The number of aromatic nitrogens is 3. The highest BCUT2D eigenvalue weighted by Gasteiger charge is 2.27. The van der Waals surface area contributed by atoms with Crippen molar-refractivity contribution in [2.75, 3.05) is 36.5 Å². The standard InChI is InChI=1S/C22H25N5O2/c28-22(16-9-14-29-15-16)25-21-6-11-24-27(21)17-7-12-26(13-8-17)20-5-10-23-19-4-2-1-3-18(19)20/h1-6,10-11,16-17H,7-9,12-15H2,(H,25,28). The van der Waals surface area contributed by atoms with Gasteiger partial charge >= 0.3 is 0 Å². The van der Waals surface area contributed by atoms with E-state index < -0.39 is 0 Å². The average Bonchev–Trinajstić information content (AvgIpc) is 3.46. The molecule has 1 aromatic carbocycles. The molecule has 4 heterocycles. The molecule has 2 aromatic heterocycles. The quantitative estimate of drug-likeness (QED) is 0.739. The van der Waals surface area contributed by atoms with Gasteiger partial charge in [-0.15, -0.1) is 0 Å². The van der Waals surface area contributed by atoms with E-state index in [1.54, 1.807) is 6.20 Å². The molecule has 1 atom stereocenters. The van der Waals surface area contributed by atoms with Gasteiger partial charge in [-0.1, -0.05) is 18.2 Å². The van der Waals surface area contributed by atoms with E-state index in [-0.39, 0.29) is 17.9 Å². The normalized spacial score (nSPS) is 20.3. The van der Waals surface area contributed by atoms with Crippen molar-refractivity contribution in [3.63, 3.8) is 0 Å². The first-order valence-electron chi connectivity index (χ1n) is 10.3. The molecular weight excluding hydrogens is 366 g/mol. The van der Waals surface area contributed by atoms with Gasteiger partial charge in [-0.2, -0.15) is 5.10 Å². The summed E-state index contributed by atoms with van der Waals surface area (Å²) < 4.78 is 7.32. The Morgan fingerprint density at radius 2 is 1.93 bits per heavy atom. The summed E-state index contributed by atoms with van der Waals surface area (Å²) in [6, 6.07) is 12.6. The maximum absolute atomic E-state index is 12.5. The van der Waals surface area contributed by atoms with Crippen LogP contribution in [-0.2, 0) is 9.53 Å². The van der Waals surface area contributed by atoms with Gasteiger partial charge in [0.15, 0.2) is 0 Å². The molecule has 1 unspecified atom stereocenters. The number of nitrogens with zero attached hydrogens (tertiary/aromatic N) is 4. The van der Waals surface area contributed by atoms with Gasteiger partial charge in [0.05, 0.1) is 30.3 Å². The number of benzene rings is 1. The molecule has 0 spiro atoms. The predicted molar refractivity (Wildman–Crippen MR) is 112 cm³/mol. The number of hydrogen-bond donors (Lipinski definition) is 1. The van der Waals surface area contributed by atoms with Gasteiger partial charge in [-0.25, -0.2) is 4.68 Å². The number of hydrogen-bond acceptors (Lipinski definition) is 5. The highest BCUT2D eigenvalue weighted by molar-refractivity contribution is 5.92. The molecule has 2 saturated heterocycles. The van der Waals surface area contributed by atoms with Gasteiger partial charge in [0.1, 0.15) is 5.82 Å². The Bertz CT molecular complexity index is 998. The molecule has 1 N–H and O–H groups in total. The van der Waals surface area contributed by atoms with Crippen LogP contribution in [0, 0.1) is 5.92 Å². The van der Waals surface area contributed by atoms with E-state index in [1.165, 1.54) is 11.1 Å². The summed E-state index contributed by atoms with van der Waals surface area (Å²) in [5.41, 5.74) is 2.27. The first kappa shape index (κ1) is 18.1. The zero-order valence-corrected chi connectivity index (χ0v) is 16.3. The van der Waals surface area contributed by atoms with E-state index in [0.29, 0.717) is 13.2 Å². The molecule has 29 heavy (non-hydrogen) atoms. The minimum Gasteiger partial charge on any atom is -0.381 e. The Hall–Kier alpha value is -2.93. The fourth-order valence-corrected chi connectivity index (χ4v) is 4.38. The van der Waals surface area contributed by atoms with Crippen LogP contribution in [-0.4, -0.2) is 47.0 Å². The third-order valence-corrected chi connectivity index (χ3v) is 6.00. The number of carbonyl (C=O) groups excluding carboxylic acids is 1. The van der Waals surface area contributed by atoms with Gasteiger partial charge in [-0.3, -0.25) is 9.78 Å². The van der Waals surface area contributed by atoms with Crippen molar-refractivity contribution < 1.29 is 9.53 Å². The van der Waals surface area contributed by atoms with Crippen LogP contribution in [0.2, 0.25) is 0 Å². The number of para-hydroxylation sites is 1. The lowest BCUT2D eigenvalue weighted by Crippen LogP contribution is -2.35. The summed E-state index contributed by atoms with van der Waals surface area (Å²) in [7, 11) is 0. The summed E-state index contributed by atoms with van der Waals surface area (Å²) in [5.74, 6) is 0.764. The molecule has 7 nitrogen and oxygen atoms in total. The lowest BCUT2D eigenvalue weighted by atomic mass is 10.0. The van der Waals surface area contributed by atoms with Gasteiger partial charge in [0, 0.05) is 43.0 Å². The number of fused-ring (bicyclic) bond motifs is 1. The van der Waals surface area contributed by atoms with Gasteiger partial charge in [0.25, 0.3) is 0 Å². The van der Waals surface area contributed by atoms with Crippen LogP contribution in [0.25, 0.3) is 10.9 Å². The fraction of sp³-hybridized carbons (Fsp3) is 0.409. The van der Waals surface area contributed by atoms with Crippen LogP contribution < -0.4 is 10.2 Å². The van der Waals surface area contributed by atoms with Crippen molar-refractivity contribution in [2.45, 2.75) is 25.3 Å². The van der Waals surface area contributed by atoms with Gasteiger partial charge in [-0.05, 0) is 31.4 Å². The highest BCUT2D eigenvalue weighted by atomic mass is 16.5. The molecule has 0 radical (unpaired) electrons. The molecule has 3 aromatic rings. The molecule has 2 fully saturated rings. The summed E-state index contributed by atoms with van der Waals surface area (Å²) in [5, 5.41) is 8.76. The van der Waals surface area contributed by atoms with Gasteiger partial charge < -0.3 is 15.0 Å². The second-order valence-electron chi connectivity index (χ2n) is 7.78. The summed E-state index contributed by atoms with van der Waals surface area (Å²) in [4.78, 5) is 19.4. The lowest BCUT2D eigenvalue weighted by molar-refractivity contribution is -0.119. The summed E-state index contributed by atoms with van der Waals surface area (Å²) in [6.45, 7) is 3.07. The van der Waals surface area contributed by atoms with Crippen molar-refractivity contribution in [1.82, 2.24) is 14.8 Å². The summed E-state index contributed by atoms with van der Waals surface area (Å²) >= 11 is 0. The van der Waals surface area contributed by atoms with Crippen molar-refractivity contribution in [1.29, 1.82) is 0 Å². The second-order valence-corrected chi connectivity index (χ2v) is 7.78. The molecule has 2 aliphatic heterocycles. The topological polar surface area (TPSA) is 72.3 Å². The van der Waals surface area contributed by atoms with E-state index >= 15 is 0 Å². The third-order valence-electron chi connectivity index (χ3n) is 6.00. The number of rotatable bonds is 4. The van der Waals surface area contributed by atoms with E-state index in [9.17, 15) is 4.79 Å². The largest absolute Gasteiger partial charge is 0.381 e. The number of nitrogens with one attached hydrogen (secondary N) is 1. The van der Waals surface area contributed by atoms with Crippen LogP contribution in [0.3, 0.4) is 0 Å². The van der Waals surface area contributed by atoms with Crippen LogP contribution in [0.15, 0.2) is 48.8 Å². The van der Waals surface area contributed by atoms with E-state index in [1.807, 2.05) is 23.0 Å². The second kappa shape index (κ2) is 7.83. The highest BCUT2D eigenvalue weighted by Crippen LogP contribution is 2.32. The zero-order valence-electron chi connectivity index (χ0n) is 16.3. The molecule has 5 rings (SSSR count). The Kier molecular flexibility index (Phi) is 4.89. The number of ether oxygens (including phenoxy) is 1. The van der Waals surface area contributed by atoms with E-state index in [0.717, 1.165) is 43.7 Å². The minimum atomic E-state index is -0.0554. The Morgan fingerprint density at radius 1 is 1.07 bits per heavy atom. The number of anilines is 2. The lowest BCUT2D eigenvalue weighted by Gasteiger charge is -2.34. The molecule has 0 aliphatic carbocycles. The maximum atomic E-state index is 12.5. The molecule has 0 bridgehead atoms. The number of amides is 1. The van der Waals surface area contributed by atoms with Crippen molar-refractivity contribution >= 4 is 28.3 Å². The van der Waals surface area contributed by atoms with Crippen LogP contribution in [0.4, 0.5) is 11.5 Å². The van der Waals surface area contributed by atoms with Crippen LogP contribution in [0.1, 0.15) is 25.3 Å². The van der Waals surface area contributed by atoms with E-state index in [2.05, 4.69) is 44.6 Å². The third kappa shape index (κ3) is 3.58. The number of piperidine rings is 1. The number of carbonyl (C=O) groups is 1.